The monoisotopic (exact) mass is 428 g/mol. The molecule has 1 fully saturated rings. The number of hydrogen-bond donors (Lipinski definition) is 0. The minimum Gasteiger partial charge on any atom is -0.369 e. The molecule has 1 aromatic rings. The summed E-state index contributed by atoms with van der Waals surface area (Å²) in [7, 11) is 0. The van der Waals surface area contributed by atoms with Crippen molar-refractivity contribution in [2.75, 3.05) is 37.6 Å². The molecule has 0 aliphatic carbocycles. The number of hydrogen-bond acceptors (Lipinski definition) is 4. The summed E-state index contributed by atoms with van der Waals surface area (Å²) in [5.74, 6) is 0.842. The summed E-state index contributed by atoms with van der Waals surface area (Å²) < 4.78 is 0. The van der Waals surface area contributed by atoms with Crippen LogP contribution in [0.2, 0.25) is 0 Å². The van der Waals surface area contributed by atoms with Crippen LogP contribution >= 0.6 is 0 Å². The fourth-order valence-corrected chi connectivity index (χ4v) is 4.67. The molecule has 174 valence electrons. The molecular formula is C27H44N2O2. The maximum absolute atomic E-state index is 12.6. The van der Waals surface area contributed by atoms with Crippen LogP contribution in [0.4, 0.5) is 5.69 Å². The molecule has 1 aromatic carbocycles. The van der Waals surface area contributed by atoms with Gasteiger partial charge in [-0.15, -0.1) is 0 Å². The second-order valence-corrected chi connectivity index (χ2v) is 9.35. The summed E-state index contributed by atoms with van der Waals surface area (Å²) >= 11 is 0. The third kappa shape index (κ3) is 7.75. The number of unbranched alkanes of at least 4 members (excludes halogenated alkanes) is 3. The third-order valence-corrected chi connectivity index (χ3v) is 6.90. The highest BCUT2D eigenvalue weighted by atomic mass is 16.1. The van der Waals surface area contributed by atoms with Crippen molar-refractivity contribution < 1.29 is 9.59 Å². The predicted octanol–water partition coefficient (Wildman–Crippen LogP) is 6.24. The number of piperazine rings is 1. The molecule has 0 bridgehead atoms. The van der Waals surface area contributed by atoms with E-state index in [2.05, 4.69) is 23.6 Å². The van der Waals surface area contributed by atoms with Gasteiger partial charge in [0.2, 0.25) is 0 Å². The number of nitrogens with zero attached hydrogens (tertiary/aromatic N) is 2. The Kier molecular flexibility index (Phi) is 11.3. The van der Waals surface area contributed by atoms with E-state index in [0.29, 0.717) is 11.1 Å². The molecule has 1 aliphatic rings. The van der Waals surface area contributed by atoms with Crippen molar-refractivity contribution in [3.8, 4) is 0 Å². The lowest BCUT2D eigenvalue weighted by atomic mass is 9.93. The topological polar surface area (TPSA) is 40.6 Å². The van der Waals surface area contributed by atoms with Crippen molar-refractivity contribution in [1.29, 1.82) is 0 Å². The largest absolute Gasteiger partial charge is 0.369 e. The molecule has 0 aromatic heterocycles. The van der Waals surface area contributed by atoms with Gasteiger partial charge >= 0.3 is 0 Å². The van der Waals surface area contributed by atoms with E-state index in [9.17, 15) is 9.59 Å². The zero-order chi connectivity index (χ0) is 22.6. The van der Waals surface area contributed by atoms with Crippen molar-refractivity contribution >= 4 is 17.8 Å². The van der Waals surface area contributed by atoms with Crippen LogP contribution in [-0.4, -0.2) is 49.7 Å². The van der Waals surface area contributed by atoms with Crippen LogP contribution < -0.4 is 4.90 Å². The summed E-state index contributed by atoms with van der Waals surface area (Å²) in [5.41, 5.74) is 2.16. The molecule has 1 aliphatic heterocycles. The maximum Gasteiger partial charge on any atom is 0.166 e. The van der Waals surface area contributed by atoms with Gasteiger partial charge in [-0.05, 0) is 43.4 Å². The van der Waals surface area contributed by atoms with Crippen LogP contribution in [0.25, 0.3) is 0 Å². The Labute approximate surface area is 190 Å². The van der Waals surface area contributed by atoms with Gasteiger partial charge in [0.25, 0.3) is 0 Å². The first-order valence-electron chi connectivity index (χ1n) is 12.6. The van der Waals surface area contributed by atoms with Crippen LogP contribution in [0.3, 0.4) is 0 Å². The highest BCUT2D eigenvalue weighted by molar-refractivity contribution is 6.04. The Morgan fingerprint density at radius 2 is 1.74 bits per heavy atom. The average Bonchev–Trinajstić information content (AvgIpc) is 2.81. The normalized spacial score (nSPS) is 16.8. The van der Waals surface area contributed by atoms with E-state index in [-0.39, 0.29) is 11.7 Å². The fourth-order valence-electron chi connectivity index (χ4n) is 4.67. The second-order valence-electron chi connectivity index (χ2n) is 9.35. The number of carbonyl (C=O) groups is 2. The van der Waals surface area contributed by atoms with Crippen molar-refractivity contribution in [3.63, 3.8) is 0 Å². The summed E-state index contributed by atoms with van der Waals surface area (Å²) in [4.78, 5) is 29.2. The number of carbonyl (C=O) groups excluding carboxylic acids is 2. The Bertz CT molecular complexity index is 680. The van der Waals surface area contributed by atoms with Crippen molar-refractivity contribution in [2.45, 2.75) is 79.1 Å². The molecule has 0 spiro atoms. The van der Waals surface area contributed by atoms with Gasteiger partial charge in [0.05, 0.1) is 0 Å². The standard InChI is InChI=1S/C27H44N2O2/c1-5-8-9-10-12-23(11-6-2)20-28-15-17-29(18-16-28)25-13-14-26(24(19-25)21-30)27(31)22(4)7-3/h13-14,19,21-23H,5-12,15-18,20H2,1-4H3. The fraction of sp³-hybridized carbons (Fsp3) is 0.704. The molecule has 4 nitrogen and oxygen atoms in total. The van der Waals surface area contributed by atoms with E-state index in [0.717, 1.165) is 50.5 Å². The van der Waals surface area contributed by atoms with E-state index in [1.807, 2.05) is 32.0 Å². The molecular weight excluding hydrogens is 384 g/mol. The van der Waals surface area contributed by atoms with E-state index in [4.69, 9.17) is 0 Å². The van der Waals surface area contributed by atoms with Gasteiger partial charge in [-0.2, -0.15) is 0 Å². The van der Waals surface area contributed by atoms with E-state index in [1.165, 1.54) is 51.5 Å². The molecule has 2 unspecified atom stereocenters. The van der Waals surface area contributed by atoms with Gasteiger partial charge in [-0.1, -0.05) is 59.8 Å². The van der Waals surface area contributed by atoms with Crippen LogP contribution in [0.5, 0.6) is 0 Å². The van der Waals surface area contributed by atoms with Gasteiger partial charge in [-0.25, -0.2) is 0 Å². The predicted molar refractivity (Wildman–Crippen MR) is 131 cm³/mol. The minimum absolute atomic E-state index is 0.0499. The zero-order valence-corrected chi connectivity index (χ0v) is 20.4. The van der Waals surface area contributed by atoms with Gasteiger partial charge in [0, 0.05) is 55.5 Å². The lowest BCUT2D eigenvalue weighted by Crippen LogP contribution is -2.47. The SMILES string of the molecule is CCCCCCC(CCC)CN1CCN(c2ccc(C(=O)C(C)CC)c(C=O)c2)CC1. The lowest BCUT2D eigenvalue weighted by Gasteiger charge is -2.38. The summed E-state index contributed by atoms with van der Waals surface area (Å²) in [6, 6.07) is 5.78. The maximum atomic E-state index is 12.6. The molecule has 31 heavy (non-hydrogen) atoms. The molecule has 2 atom stereocenters. The van der Waals surface area contributed by atoms with Crippen molar-refractivity contribution in [2.24, 2.45) is 11.8 Å². The van der Waals surface area contributed by atoms with Crippen molar-refractivity contribution in [3.05, 3.63) is 29.3 Å². The average molecular weight is 429 g/mol. The molecule has 0 N–H and O–H groups in total. The van der Waals surface area contributed by atoms with E-state index in [1.54, 1.807) is 0 Å². The molecule has 0 amide bonds. The van der Waals surface area contributed by atoms with Crippen LogP contribution in [0, 0.1) is 11.8 Å². The summed E-state index contributed by atoms with van der Waals surface area (Å²) in [6.07, 6.45) is 11.0. The highest BCUT2D eigenvalue weighted by Gasteiger charge is 2.22. The Morgan fingerprint density at radius 1 is 1.00 bits per heavy atom. The van der Waals surface area contributed by atoms with Gasteiger partial charge in [0.15, 0.2) is 12.1 Å². The van der Waals surface area contributed by atoms with Crippen LogP contribution in [-0.2, 0) is 0 Å². The highest BCUT2D eigenvalue weighted by Crippen LogP contribution is 2.24. The first kappa shape index (κ1) is 25.6. The molecule has 1 saturated heterocycles. The van der Waals surface area contributed by atoms with E-state index < -0.39 is 0 Å². The molecule has 1 heterocycles. The number of aldehydes is 1. The number of Topliss-reactive ketones (excluding diaryl/α,β-unsaturated/α-hetero) is 1. The van der Waals surface area contributed by atoms with E-state index >= 15 is 0 Å². The Hall–Kier alpha value is -1.68. The number of benzene rings is 1. The smallest absolute Gasteiger partial charge is 0.166 e. The number of anilines is 1. The van der Waals surface area contributed by atoms with Gasteiger partial charge in [-0.3, -0.25) is 14.5 Å². The molecule has 2 rings (SSSR count). The Balaban J connectivity index is 1.92. The lowest BCUT2D eigenvalue weighted by molar-refractivity contribution is 0.0922. The minimum atomic E-state index is -0.0499. The third-order valence-electron chi connectivity index (χ3n) is 6.90. The van der Waals surface area contributed by atoms with Crippen LogP contribution in [0.1, 0.15) is 99.8 Å². The summed E-state index contributed by atoms with van der Waals surface area (Å²) in [5, 5.41) is 0. The quantitative estimate of drug-likeness (QED) is 0.200. The molecule has 4 heteroatoms. The summed E-state index contributed by atoms with van der Waals surface area (Å²) in [6.45, 7) is 13.8. The molecule has 0 saturated carbocycles. The first-order chi connectivity index (χ1) is 15.0. The number of rotatable bonds is 14. The zero-order valence-electron chi connectivity index (χ0n) is 20.4. The van der Waals surface area contributed by atoms with Gasteiger partial charge < -0.3 is 4.90 Å². The second kappa shape index (κ2) is 13.7. The molecule has 0 radical (unpaired) electrons. The van der Waals surface area contributed by atoms with Crippen molar-refractivity contribution in [1.82, 2.24) is 4.90 Å². The van der Waals surface area contributed by atoms with Crippen LogP contribution in [0.15, 0.2) is 18.2 Å². The number of ketones is 1. The Morgan fingerprint density at radius 3 is 2.35 bits per heavy atom. The van der Waals surface area contributed by atoms with Gasteiger partial charge in [0.1, 0.15) is 0 Å². The first-order valence-corrected chi connectivity index (χ1v) is 12.6.